The Bertz CT molecular complexity index is 956. The first-order valence-corrected chi connectivity index (χ1v) is 12.4. The Kier molecular flexibility index (Phi) is 7.68. The molecule has 0 aliphatic carbocycles. The average Bonchev–Trinajstić information content (AvgIpc) is 3.22. The molecule has 1 aromatic heterocycles. The van der Waals surface area contributed by atoms with E-state index in [4.69, 9.17) is 4.74 Å². The molecule has 2 aliphatic heterocycles. The van der Waals surface area contributed by atoms with Gasteiger partial charge in [0.05, 0.1) is 12.1 Å². The van der Waals surface area contributed by atoms with Gasteiger partial charge < -0.3 is 10.1 Å². The number of anilines is 2. The van der Waals surface area contributed by atoms with Crippen molar-refractivity contribution in [3.05, 3.63) is 47.7 Å². The Balaban J connectivity index is 1.36. The summed E-state index contributed by atoms with van der Waals surface area (Å²) in [7, 11) is 0. The molecule has 0 bridgehead atoms. The van der Waals surface area contributed by atoms with Crippen molar-refractivity contribution in [3.8, 4) is 0 Å². The first-order chi connectivity index (χ1) is 16.3. The predicted octanol–water partition coefficient (Wildman–Crippen LogP) is 4.16. The Morgan fingerprint density at radius 2 is 1.74 bits per heavy atom. The highest BCUT2D eigenvalue weighted by atomic mass is 16.6. The lowest BCUT2D eigenvalue weighted by Crippen LogP contribution is -2.48. The zero-order valence-electron chi connectivity index (χ0n) is 21.1. The summed E-state index contributed by atoms with van der Waals surface area (Å²) in [6.07, 6.45) is 1.33. The van der Waals surface area contributed by atoms with Gasteiger partial charge in [-0.1, -0.05) is 38.1 Å². The molecule has 1 amide bonds. The lowest BCUT2D eigenvalue weighted by Gasteiger charge is -2.37. The Hall–Kier alpha value is -2.71. The molecule has 2 aromatic rings. The molecule has 2 aliphatic rings. The second-order valence-corrected chi connectivity index (χ2v) is 10.0. The molecule has 184 valence electrons. The summed E-state index contributed by atoms with van der Waals surface area (Å²) in [4.78, 5) is 28.0. The Labute approximate surface area is 203 Å². The van der Waals surface area contributed by atoms with Crippen molar-refractivity contribution in [3.63, 3.8) is 0 Å². The molecule has 34 heavy (non-hydrogen) atoms. The highest BCUT2D eigenvalue weighted by Gasteiger charge is 2.37. The minimum atomic E-state index is -0.349. The number of hydrogen-bond acceptors (Lipinski definition) is 7. The summed E-state index contributed by atoms with van der Waals surface area (Å²) in [5.74, 6) is 1.34. The number of cyclic esters (lactones) is 1. The van der Waals surface area contributed by atoms with Gasteiger partial charge in [0.15, 0.2) is 0 Å². The topological polar surface area (TPSA) is 73.8 Å². The third-order valence-corrected chi connectivity index (χ3v) is 6.93. The van der Waals surface area contributed by atoms with Crippen LogP contribution in [0.4, 0.5) is 16.6 Å². The van der Waals surface area contributed by atoms with E-state index in [-0.39, 0.29) is 24.1 Å². The lowest BCUT2D eigenvalue weighted by molar-refractivity contribution is 0.104. The number of amides is 1. The van der Waals surface area contributed by atoms with Crippen LogP contribution in [0.1, 0.15) is 51.8 Å². The average molecular weight is 467 g/mol. The summed E-state index contributed by atoms with van der Waals surface area (Å²) in [5.41, 5.74) is 2.50. The molecule has 2 unspecified atom stereocenters. The van der Waals surface area contributed by atoms with E-state index in [1.54, 1.807) is 17.2 Å². The van der Waals surface area contributed by atoms with Crippen molar-refractivity contribution in [2.45, 2.75) is 59.3 Å². The number of rotatable bonds is 8. The van der Waals surface area contributed by atoms with Gasteiger partial charge in [-0.15, -0.1) is 0 Å². The number of ether oxygens (including phenoxy) is 1. The fourth-order valence-corrected chi connectivity index (χ4v) is 4.63. The number of aromatic nitrogens is 2. The van der Waals surface area contributed by atoms with Crippen LogP contribution in [-0.4, -0.2) is 70.7 Å². The summed E-state index contributed by atoms with van der Waals surface area (Å²) in [6, 6.07) is 11.2. The lowest BCUT2D eigenvalue weighted by atomic mass is 10.0. The third-order valence-electron chi connectivity index (χ3n) is 6.93. The van der Waals surface area contributed by atoms with Crippen LogP contribution in [-0.2, 0) is 11.3 Å². The van der Waals surface area contributed by atoms with Crippen molar-refractivity contribution in [1.82, 2.24) is 19.8 Å². The van der Waals surface area contributed by atoms with Gasteiger partial charge in [0.1, 0.15) is 12.4 Å². The van der Waals surface area contributed by atoms with E-state index in [0.29, 0.717) is 24.4 Å². The molecule has 0 saturated carbocycles. The van der Waals surface area contributed by atoms with Gasteiger partial charge in [0.2, 0.25) is 5.95 Å². The maximum Gasteiger partial charge on any atom is 0.415 e. The van der Waals surface area contributed by atoms with Crippen molar-refractivity contribution in [2.24, 2.45) is 5.92 Å². The molecule has 2 atom stereocenters. The number of nitrogens with one attached hydrogen (secondary N) is 1. The SMILES string of the molecule is CC(Nc1nccc(N2C(=O)OCC2C(C)C)n1)c1ccc(CN2CCN(C(C)C)CC2)cc1. The van der Waals surface area contributed by atoms with E-state index in [1.807, 2.05) is 0 Å². The van der Waals surface area contributed by atoms with E-state index in [2.05, 4.69) is 84.0 Å². The molecule has 4 rings (SSSR count). The Morgan fingerprint density at radius 1 is 1.03 bits per heavy atom. The van der Waals surface area contributed by atoms with Crippen molar-refractivity contribution in [1.29, 1.82) is 0 Å². The van der Waals surface area contributed by atoms with Gasteiger partial charge >= 0.3 is 6.09 Å². The first kappa shape index (κ1) is 24.4. The van der Waals surface area contributed by atoms with Gasteiger partial charge in [0, 0.05) is 45.0 Å². The summed E-state index contributed by atoms with van der Waals surface area (Å²) in [5, 5.41) is 3.38. The zero-order valence-corrected chi connectivity index (χ0v) is 21.1. The minimum Gasteiger partial charge on any atom is -0.447 e. The fourth-order valence-electron chi connectivity index (χ4n) is 4.63. The van der Waals surface area contributed by atoms with Crippen molar-refractivity contribution in [2.75, 3.05) is 43.0 Å². The highest BCUT2D eigenvalue weighted by molar-refractivity contribution is 5.89. The van der Waals surface area contributed by atoms with Crippen LogP contribution >= 0.6 is 0 Å². The number of hydrogen-bond donors (Lipinski definition) is 1. The minimum absolute atomic E-state index is 0.0198. The molecule has 0 radical (unpaired) electrons. The van der Waals surface area contributed by atoms with E-state index >= 15 is 0 Å². The molecule has 1 N–H and O–H groups in total. The van der Waals surface area contributed by atoms with Crippen LogP contribution in [0.5, 0.6) is 0 Å². The summed E-state index contributed by atoms with van der Waals surface area (Å²) >= 11 is 0. The normalized spacial score (nSPS) is 20.7. The standard InChI is InChI=1S/C26H38N6O2/c1-18(2)23-17-34-26(33)32(23)24-10-11-27-25(29-24)28-20(5)22-8-6-21(7-9-22)16-30-12-14-31(15-13-30)19(3)4/h6-11,18-20,23H,12-17H2,1-5H3,(H,27,28,29). The monoisotopic (exact) mass is 466 g/mol. The molecule has 0 spiro atoms. The van der Waals surface area contributed by atoms with Crippen LogP contribution in [0.3, 0.4) is 0 Å². The number of nitrogens with zero attached hydrogens (tertiary/aromatic N) is 5. The molecule has 3 heterocycles. The quantitative estimate of drug-likeness (QED) is 0.626. The number of piperazine rings is 1. The van der Waals surface area contributed by atoms with Gasteiger partial charge in [-0.05, 0) is 43.9 Å². The van der Waals surface area contributed by atoms with Crippen LogP contribution in [0, 0.1) is 5.92 Å². The highest BCUT2D eigenvalue weighted by Crippen LogP contribution is 2.27. The molecule has 8 heteroatoms. The molecule has 2 saturated heterocycles. The van der Waals surface area contributed by atoms with Gasteiger partial charge in [0.25, 0.3) is 0 Å². The smallest absolute Gasteiger partial charge is 0.415 e. The van der Waals surface area contributed by atoms with Gasteiger partial charge in [-0.2, -0.15) is 4.98 Å². The maximum absolute atomic E-state index is 12.3. The molecular weight excluding hydrogens is 428 g/mol. The van der Waals surface area contributed by atoms with Crippen molar-refractivity contribution >= 4 is 17.9 Å². The van der Waals surface area contributed by atoms with E-state index in [1.165, 1.54) is 11.1 Å². The van der Waals surface area contributed by atoms with Crippen LogP contribution < -0.4 is 10.2 Å². The maximum atomic E-state index is 12.3. The largest absolute Gasteiger partial charge is 0.447 e. The van der Waals surface area contributed by atoms with E-state index in [9.17, 15) is 4.79 Å². The number of benzene rings is 1. The zero-order chi connectivity index (χ0) is 24.2. The molecular formula is C26H38N6O2. The van der Waals surface area contributed by atoms with E-state index in [0.717, 1.165) is 32.7 Å². The Morgan fingerprint density at radius 3 is 2.38 bits per heavy atom. The molecule has 1 aromatic carbocycles. The first-order valence-electron chi connectivity index (χ1n) is 12.4. The second kappa shape index (κ2) is 10.7. The molecule has 2 fully saturated rings. The molecule has 8 nitrogen and oxygen atoms in total. The van der Waals surface area contributed by atoms with Gasteiger partial charge in [-0.25, -0.2) is 9.78 Å². The van der Waals surface area contributed by atoms with Crippen LogP contribution in [0.25, 0.3) is 0 Å². The second-order valence-electron chi connectivity index (χ2n) is 10.0. The number of carbonyl (C=O) groups excluding carboxylic acids is 1. The van der Waals surface area contributed by atoms with E-state index < -0.39 is 0 Å². The number of carbonyl (C=O) groups is 1. The predicted molar refractivity (Wildman–Crippen MR) is 135 cm³/mol. The third kappa shape index (κ3) is 5.67. The fraction of sp³-hybridized carbons (Fsp3) is 0.577. The summed E-state index contributed by atoms with van der Waals surface area (Å²) in [6.45, 7) is 16.7. The van der Waals surface area contributed by atoms with Crippen LogP contribution in [0.15, 0.2) is 36.5 Å². The van der Waals surface area contributed by atoms with Crippen molar-refractivity contribution < 1.29 is 9.53 Å². The summed E-state index contributed by atoms with van der Waals surface area (Å²) < 4.78 is 5.27. The van der Waals surface area contributed by atoms with Gasteiger partial charge in [-0.3, -0.25) is 14.7 Å². The van der Waals surface area contributed by atoms with Crippen LogP contribution in [0.2, 0.25) is 0 Å².